The molecule has 1 saturated carbocycles. The predicted molar refractivity (Wildman–Crippen MR) is 94.4 cm³/mol. The van der Waals surface area contributed by atoms with Gasteiger partial charge in [0.25, 0.3) is 0 Å². The van der Waals surface area contributed by atoms with Gasteiger partial charge in [-0.25, -0.2) is 4.79 Å². The number of nitrogens with zero attached hydrogens (tertiary/aromatic N) is 1. The number of hydrogen-bond donors (Lipinski definition) is 1. The number of carbonyl (C=O) groups is 2. The lowest BCUT2D eigenvalue weighted by molar-refractivity contribution is -0.122. The van der Waals surface area contributed by atoms with Crippen molar-refractivity contribution in [2.24, 2.45) is 5.92 Å². The Kier molecular flexibility index (Phi) is 4.86. The molecule has 7 nitrogen and oxygen atoms in total. The molecule has 140 valence electrons. The SMILES string of the molecule is O=C(CC1CCCCC1)NC[C@H]1CN(c2ccc3c(c2)OCO3)C(=O)O1. The van der Waals surface area contributed by atoms with Crippen molar-refractivity contribution in [2.45, 2.75) is 44.6 Å². The third kappa shape index (κ3) is 3.71. The molecular weight excluding hydrogens is 336 g/mol. The Bertz CT molecular complexity index is 687. The maximum Gasteiger partial charge on any atom is 0.414 e. The number of rotatable bonds is 5. The van der Waals surface area contributed by atoms with Crippen LogP contribution in [0.4, 0.5) is 10.5 Å². The zero-order valence-electron chi connectivity index (χ0n) is 14.7. The minimum absolute atomic E-state index is 0.0504. The van der Waals surface area contributed by atoms with Crippen LogP contribution in [0.2, 0.25) is 0 Å². The number of amides is 2. The van der Waals surface area contributed by atoms with Gasteiger partial charge in [-0.3, -0.25) is 9.69 Å². The molecule has 0 spiro atoms. The highest BCUT2D eigenvalue weighted by atomic mass is 16.7. The van der Waals surface area contributed by atoms with Gasteiger partial charge in [0.05, 0.1) is 18.8 Å². The van der Waals surface area contributed by atoms with Gasteiger partial charge in [-0.2, -0.15) is 0 Å². The Morgan fingerprint density at radius 2 is 1.96 bits per heavy atom. The fourth-order valence-electron chi connectivity index (χ4n) is 3.85. The van der Waals surface area contributed by atoms with Crippen LogP contribution in [0.1, 0.15) is 38.5 Å². The lowest BCUT2D eigenvalue weighted by Gasteiger charge is -2.21. The largest absolute Gasteiger partial charge is 0.454 e. The van der Waals surface area contributed by atoms with Gasteiger partial charge in [0, 0.05) is 12.5 Å². The van der Waals surface area contributed by atoms with Crippen LogP contribution in [0.25, 0.3) is 0 Å². The molecule has 3 aliphatic rings. The highest BCUT2D eigenvalue weighted by molar-refractivity contribution is 5.90. The highest BCUT2D eigenvalue weighted by Gasteiger charge is 2.33. The van der Waals surface area contributed by atoms with Crippen molar-refractivity contribution in [3.63, 3.8) is 0 Å². The molecule has 2 amide bonds. The Labute approximate surface area is 152 Å². The second-order valence-corrected chi connectivity index (χ2v) is 7.17. The van der Waals surface area contributed by atoms with E-state index in [4.69, 9.17) is 14.2 Å². The zero-order valence-corrected chi connectivity index (χ0v) is 14.7. The summed E-state index contributed by atoms with van der Waals surface area (Å²) in [6.07, 6.45) is 5.84. The number of ether oxygens (including phenoxy) is 3. The molecule has 4 rings (SSSR count). The molecule has 7 heteroatoms. The molecule has 0 unspecified atom stereocenters. The average Bonchev–Trinajstić information content (AvgIpc) is 3.26. The summed E-state index contributed by atoms with van der Waals surface area (Å²) in [6.45, 7) is 0.944. The van der Waals surface area contributed by atoms with E-state index in [0.717, 1.165) is 12.8 Å². The Balaban J connectivity index is 1.28. The Morgan fingerprint density at radius 3 is 2.81 bits per heavy atom. The van der Waals surface area contributed by atoms with Crippen LogP contribution >= 0.6 is 0 Å². The molecule has 1 saturated heterocycles. The van der Waals surface area contributed by atoms with Gasteiger partial charge >= 0.3 is 6.09 Å². The normalized spacial score (nSPS) is 22.4. The van der Waals surface area contributed by atoms with Crippen molar-refractivity contribution in [1.29, 1.82) is 0 Å². The summed E-state index contributed by atoms with van der Waals surface area (Å²) < 4.78 is 16.0. The van der Waals surface area contributed by atoms with Crippen molar-refractivity contribution >= 4 is 17.7 Å². The van der Waals surface area contributed by atoms with Gasteiger partial charge in [0.2, 0.25) is 12.7 Å². The molecule has 26 heavy (non-hydrogen) atoms. The second-order valence-electron chi connectivity index (χ2n) is 7.17. The molecular formula is C19H24N2O5. The molecule has 1 aromatic rings. The Morgan fingerprint density at radius 1 is 1.15 bits per heavy atom. The van der Waals surface area contributed by atoms with Crippen molar-refractivity contribution in [3.05, 3.63) is 18.2 Å². The predicted octanol–water partition coefficient (Wildman–Crippen LogP) is 2.83. The lowest BCUT2D eigenvalue weighted by Crippen LogP contribution is -2.35. The van der Waals surface area contributed by atoms with Gasteiger partial charge in [-0.05, 0) is 30.9 Å². The van der Waals surface area contributed by atoms with Crippen LogP contribution < -0.4 is 19.7 Å². The average molecular weight is 360 g/mol. The van der Waals surface area contributed by atoms with Crippen molar-refractivity contribution in [3.8, 4) is 11.5 Å². The van der Waals surface area contributed by atoms with E-state index in [1.54, 1.807) is 23.1 Å². The number of cyclic esters (lactones) is 1. The fourth-order valence-corrected chi connectivity index (χ4v) is 3.85. The van der Waals surface area contributed by atoms with Crippen LogP contribution in [-0.4, -0.2) is 38.0 Å². The second kappa shape index (κ2) is 7.43. The summed E-state index contributed by atoms with van der Waals surface area (Å²) in [4.78, 5) is 25.9. The van der Waals surface area contributed by atoms with E-state index < -0.39 is 6.09 Å². The monoisotopic (exact) mass is 360 g/mol. The van der Waals surface area contributed by atoms with Crippen molar-refractivity contribution in [2.75, 3.05) is 24.8 Å². The maximum absolute atomic E-state index is 12.2. The van der Waals surface area contributed by atoms with E-state index in [1.807, 2.05) is 0 Å². The summed E-state index contributed by atoms with van der Waals surface area (Å²) >= 11 is 0. The van der Waals surface area contributed by atoms with Crippen LogP contribution in [-0.2, 0) is 9.53 Å². The molecule has 0 radical (unpaired) electrons. The van der Waals surface area contributed by atoms with Gasteiger partial charge in [0.1, 0.15) is 6.10 Å². The van der Waals surface area contributed by atoms with Gasteiger partial charge in [-0.15, -0.1) is 0 Å². The fraction of sp³-hybridized carbons (Fsp3) is 0.579. The van der Waals surface area contributed by atoms with Crippen LogP contribution in [0, 0.1) is 5.92 Å². The van der Waals surface area contributed by atoms with E-state index in [2.05, 4.69) is 5.32 Å². The van der Waals surface area contributed by atoms with E-state index in [9.17, 15) is 9.59 Å². The number of hydrogen-bond acceptors (Lipinski definition) is 5. The quantitative estimate of drug-likeness (QED) is 0.874. The summed E-state index contributed by atoms with van der Waals surface area (Å²) in [6, 6.07) is 5.36. The van der Waals surface area contributed by atoms with E-state index >= 15 is 0 Å². The van der Waals surface area contributed by atoms with E-state index in [0.29, 0.717) is 42.6 Å². The number of carbonyl (C=O) groups excluding carboxylic acids is 2. The summed E-state index contributed by atoms with van der Waals surface area (Å²) in [7, 11) is 0. The third-order valence-electron chi connectivity index (χ3n) is 5.27. The first-order valence-electron chi connectivity index (χ1n) is 9.33. The van der Waals surface area contributed by atoms with Gasteiger partial charge < -0.3 is 19.5 Å². The summed E-state index contributed by atoms with van der Waals surface area (Å²) in [5, 5.41) is 2.92. The molecule has 1 N–H and O–H groups in total. The number of nitrogens with one attached hydrogen (secondary N) is 1. The summed E-state index contributed by atoms with van der Waals surface area (Å²) in [5.74, 6) is 1.85. The molecule has 0 bridgehead atoms. The molecule has 2 fully saturated rings. The number of fused-ring (bicyclic) bond motifs is 1. The van der Waals surface area contributed by atoms with Crippen molar-refractivity contribution < 1.29 is 23.8 Å². The van der Waals surface area contributed by atoms with Crippen LogP contribution in [0.15, 0.2) is 18.2 Å². The molecule has 1 aromatic carbocycles. The van der Waals surface area contributed by atoms with E-state index in [-0.39, 0.29) is 18.8 Å². The standard InChI is InChI=1S/C19H24N2O5/c22-18(8-13-4-2-1-3-5-13)20-10-15-11-21(19(23)26-15)14-6-7-16-17(9-14)25-12-24-16/h6-7,9,13,15H,1-5,8,10-12H2,(H,20,22)/t15-/m0/s1. The maximum atomic E-state index is 12.2. The summed E-state index contributed by atoms with van der Waals surface area (Å²) in [5.41, 5.74) is 0.704. The first-order chi connectivity index (χ1) is 12.7. The zero-order chi connectivity index (χ0) is 17.9. The topological polar surface area (TPSA) is 77.1 Å². The minimum Gasteiger partial charge on any atom is -0.454 e. The third-order valence-corrected chi connectivity index (χ3v) is 5.27. The lowest BCUT2D eigenvalue weighted by atomic mass is 9.87. The van der Waals surface area contributed by atoms with E-state index in [1.165, 1.54) is 19.3 Å². The molecule has 1 atom stereocenters. The first-order valence-corrected chi connectivity index (χ1v) is 9.33. The van der Waals surface area contributed by atoms with Crippen LogP contribution in [0.3, 0.4) is 0 Å². The number of anilines is 1. The molecule has 0 aromatic heterocycles. The van der Waals surface area contributed by atoms with Gasteiger partial charge in [0.15, 0.2) is 11.5 Å². The first kappa shape index (κ1) is 17.0. The molecule has 2 aliphatic heterocycles. The number of benzene rings is 1. The highest BCUT2D eigenvalue weighted by Crippen LogP contribution is 2.36. The van der Waals surface area contributed by atoms with Gasteiger partial charge in [-0.1, -0.05) is 19.3 Å². The van der Waals surface area contributed by atoms with Crippen molar-refractivity contribution in [1.82, 2.24) is 5.32 Å². The van der Waals surface area contributed by atoms with Crippen LogP contribution in [0.5, 0.6) is 11.5 Å². The smallest absolute Gasteiger partial charge is 0.414 e. The molecule has 2 heterocycles. The minimum atomic E-state index is -0.407. The Hall–Kier alpha value is -2.44. The molecule has 1 aliphatic carbocycles.